The summed E-state index contributed by atoms with van der Waals surface area (Å²) in [6.45, 7) is 3.20. The van der Waals surface area contributed by atoms with E-state index in [1.807, 2.05) is 6.92 Å². The van der Waals surface area contributed by atoms with Gasteiger partial charge in [0.2, 0.25) is 11.8 Å². The van der Waals surface area contributed by atoms with Gasteiger partial charge in [-0.1, -0.05) is 19.3 Å². The molecule has 0 saturated heterocycles. The molecule has 7 heteroatoms. The molecule has 2 aliphatic rings. The van der Waals surface area contributed by atoms with Crippen LogP contribution in [0.1, 0.15) is 60.6 Å². The van der Waals surface area contributed by atoms with Crippen molar-refractivity contribution in [2.24, 2.45) is 5.92 Å². The standard InChI is InChI=1S/C19H27N3O4/c1-3-22-11-15-14(19(22)25)9-13(18(21-15)26-2)10-20-17(24)16(23)12-7-5-4-6-8-12/h9,12,16,23H,3-8,10-11H2,1-2H3,(H,20,24). The molecule has 3 rings (SSSR count). The molecule has 1 aromatic heterocycles. The van der Waals surface area contributed by atoms with Gasteiger partial charge >= 0.3 is 0 Å². The van der Waals surface area contributed by atoms with Crippen LogP contribution in [0, 0.1) is 5.92 Å². The van der Waals surface area contributed by atoms with Gasteiger partial charge in [-0.25, -0.2) is 4.98 Å². The molecule has 1 saturated carbocycles. The zero-order valence-electron chi connectivity index (χ0n) is 15.5. The Balaban J connectivity index is 1.69. The zero-order valence-corrected chi connectivity index (χ0v) is 15.5. The van der Waals surface area contributed by atoms with Gasteiger partial charge in [0.15, 0.2) is 0 Å². The number of fused-ring (bicyclic) bond motifs is 1. The van der Waals surface area contributed by atoms with E-state index < -0.39 is 6.10 Å². The van der Waals surface area contributed by atoms with Gasteiger partial charge in [0.25, 0.3) is 5.91 Å². The monoisotopic (exact) mass is 361 g/mol. The summed E-state index contributed by atoms with van der Waals surface area (Å²) in [5, 5.41) is 13.1. The first-order valence-corrected chi connectivity index (χ1v) is 9.37. The summed E-state index contributed by atoms with van der Waals surface area (Å²) in [6, 6.07) is 1.74. The van der Waals surface area contributed by atoms with Crippen molar-refractivity contribution in [3.8, 4) is 5.88 Å². The van der Waals surface area contributed by atoms with Crippen molar-refractivity contribution in [2.75, 3.05) is 13.7 Å². The van der Waals surface area contributed by atoms with Crippen LogP contribution in [0.4, 0.5) is 0 Å². The van der Waals surface area contributed by atoms with Crippen molar-refractivity contribution < 1.29 is 19.4 Å². The molecule has 0 radical (unpaired) electrons. The predicted octanol–water partition coefficient (Wildman–Crippen LogP) is 1.62. The lowest BCUT2D eigenvalue weighted by molar-refractivity contribution is -0.132. The molecule has 0 aromatic carbocycles. The Hall–Kier alpha value is -2.15. The molecule has 1 fully saturated rings. The van der Waals surface area contributed by atoms with Crippen LogP contribution in [0.15, 0.2) is 6.07 Å². The van der Waals surface area contributed by atoms with E-state index in [2.05, 4.69) is 10.3 Å². The van der Waals surface area contributed by atoms with Crippen molar-refractivity contribution in [2.45, 2.75) is 58.2 Å². The molecule has 2 N–H and O–H groups in total. The number of rotatable bonds is 6. The number of aromatic nitrogens is 1. The number of nitrogens with one attached hydrogen (secondary N) is 1. The summed E-state index contributed by atoms with van der Waals surface area (Å²) >= 11 is 0. The number of amides is 2. The van der Waals surface area contributed by atoms with Gasteiger partial charge in [0.05, 0.1) is 24.9 Å². The normalized spacial score (nSPS) is 18.6. The van der Waals surface area contributed by atoms with Crippen LogP contribution in [0.3, 0.4) is 0 Å². The average Bonchev–Trinajstić information content (AvgIpc) is 3.00. The Kier molecular flexibility index (Phi) is 5.76. The highest BCUT2D eigenvalue weighted by atomic mass is 16.5. The first-order valence-electron chi connectivity index (χ1n) is 9.37. The molecule has 26 heavy (non-hydrogen) atoms. The van der Waals surface area contributed by atoms with Crippen LogP contribution in [0.25, 0.3) is 0 Å². The highest BCUT2D eigenvalue weighted by Gasteiger charge is 2.30. The zero-order chi connectivity index (χ0) is 18.7. The summed E-state index contributed by atoms with van der Waals surface area (Å²) in [5.41, 5.74) is 1.90. The molecule has 7 nitrogen and oxygen atoms in total. The summed E-state index contributed by atoms with van der Waals surface area (Å²) in [6.07, 6.45) is 4.09. The Bertz CT molecular complexity index is 686. The quantitative estimate of drug-likeness (QED) is 0.803. The summed E-state index contributed by atoms with van der Waals surface area (Å²) < 4.78 is 5.33. The SMILES string of the molecule is CCN1Cc2nc(OC)c(CNC(=O)C(O)C3CCCCC3)cc2C1=O. The Morgan fingerprint density at radius 3 is 2.81 bits per heavy atom. The number of aliphatic hydroxyl groups excluding tert-OH is 1. The maximum Gasteiger partial charge on any atom is 0.256 e. The molecule has 2 heterocycles. The van der Waals surface area contributed by atoms with Gasteiger partial charge in [-0.05, 0) is 31.7 Å². The lowest BCUT2D eigenvalue weighted by atomic mass is 9.85. The number of methoxy groups -OCH3 is 1. The van der Waals surface area contributed by atoms with Gasteiger partial charge in [0.1, 0.15) is 6.10 Å². The highest BCUT2D eigenvalue weighted by Crippen LogP contribution is 2.28. The minimum Gasteiger partial charge on any atom is -0.481 e. The van der Waals surface area contributed by atoms with E-state index >= 15 is 0 Å². The number of carbonyl (C=O) groups is 2. The smallest absolute Gasteiger partial charge is 0.256 e. The number of nitrogens with zero attached hydrogens (tertiary/aromatic N) is 2. The fraction of sp³-hybridized carbons (Fsp3) is 0.632. The predicted molar refractivity (Wildman–Crippen MR) is 95.6 cm³/mol. The van der Waals surface area contributed by atoms with Gasteiger partial charge in [0, 0.05) is 18.7 Å². The van der Waals surface area contributed by atoms with E-state index in [0.717, 1.165) is 25.7 Å². The summed E-state index contributed by atoms with van der Waals surface area (Å²) in [4.78, 5) is 30.8. The van der Waals surface area contributed by atoms with Crippen LogP contribution in [0.2, 0.25) is 0 Å². The van der Waals surface area contributed by atoms with Crippen LogP contribution in [0.5, 0.6) is 5.88 Å². The number of ether oxygens (including phenoxy) is 1. The summed E-state index contributed by atoms with van der Waals surface area (Å²) in [5.74, 6) is 0.0128. The maximum absolute atomic E-state index is 12.4. The Labute approximate surface area is 153 Å². The maximum atomic E-state index is 12.4. The molecule has 1 aliphatic carbocycles. The second-order valence-corrected chi connectivity index (χ2v) is 7.03. The first-order chi connectivity index (χ1) is 12.5. The molecule has 1 atom stereocenters. The fourth-order valence-corrected chi connectivity index (χ4v) is 3.81. The third-order valence-electron chi connectivity index (χ3n) is 5.39. The second kappa shape index (κ2) is 8.03. The van der Waals surface area contributed by atoms with E-state index in [1.165, 1.54) is 13.5 Å². The molecule has 0 bridgehead atoms. The van der Waals surface area contributed by atoms with Crippen molar-refractivity contribution in [3.05, 3.63) is 22.9 Å². The molecular weight excluding hydrogens is 334 g/mol. The second-order valence-electron chi connectivity index (χ2n) is 7.03. The first kappa shape index (κ1) is 18.6. The molecule has 0 spiro atoms. The number of aliphatic hydroxyl groups is 1. The molecule has 1 aliphatic heterocycles. The number of hydrogen-bond donors (Lipinski definition) is 2. The molecule has 1 unspecified atom stereocenters. The van der Waals surface area contributed by atoms with Crippen LogP contribution < -0.4 is 10.1 Å². The minimum atomic E-state index is -0.985. The third-order valence-corrected chi connectivity index (χ3v) is 5.39. The van der Waals surface area contributed by atoms with Crippen LogP contribution in [-0.2, 0) is 17.9 Å². The number of carbonyl (C=O) groups excluding carboxylic acids is 2. The number of pyridine rings is 1. The van der Waals surface area contributed by atoms with E-state index in [9.17, 15) is 14.7 Å². The van der Waals surface area contributed by atoms with Gasteiger partial charge in [-0.15, -0.1) is 0 Å². The van der Waals surface area contributed by atoms with E-state index in [-0.39, 0.29) is 24.3 Å². The van der Waals surface area contributed by atoms with Crippen molar-refractivity contribution in [1.82, 2.24) is 15.2 Å². The van der Waals surface area contributed by atoms with Crippen molar-refractivity contribution >= 4 is 11.8 Å². The van der Waals surface area contributed by atoms with Gasteiger partial charge in [-0.3, -0.25) is 9.59 Å². The van der Waals surface area contributed by atoms with E-state index in [0.29, 0.717) is 35.8 Å². The van der Waals surface area contributed by atoms with Gasteiger partial charge < -0.3 is 20.1 Å². The van der Waals surface area contributed by atoms with Crippen molar-refractivity contribution in [3.63, 3.8) is 0 Å². The van der Waals surface area contributed by atoms with E-state index in [1.54, 1.807) is 11.0 Å². The average molecular weight is 361 g/mol. The molecular formula is C19H27N3O4. The minimum absolute atomic E-state index is 0.0310. The highest BCUT2D eigenvalue weighted by molar-refractivity contribution is 5.98. The largest absolute Gasteiger partial charge is 0.481 e. The molecule has 142 valence electrons. The van der Waals surface area contributed by atoms with Gasteiger partial charge in [-0.2, -0.15) is 0 Å². The lowest BCUT2D eigenvalue weighted by Crippen LogP contribution is -2.39. The summed E-state index contributed by atoms with van der Waals surface area (Å²) in [7, 11) is 1.52. The van der Waals surface area contributed by atoms with E-state index in [4.69, 9.17) is 4.74 Å². The molecule has 2 amide bonds. The fourth-order valence-electron chi connectivity index (χ4n) is 3.81. The van der Waals surface area contributed by atoms with Crippen molar-refractivity contribution in [1.29, 1.82) is 0 Å². The topological polar surface area (TPSA) is 91.8 Å². The van der Waals surface area contributed by atoms with Crippen LogP contribution in [-0.4, -0.2) is 46.6 Å². The Morgan fingerprint density at radius 1 is 1.42 bits per heavy atom. The molecule has 1 aromatic rings. The number of hydrogen-bond acceptors (Lipinski definition) is 5. The Morgan fingerprint density at radius 2 is 2.15 bits per heavy atom. The van der Waals surface area contributed by atoms with Crippen LogP contribution >= 0.6 is 0 Å². The third kappa shape index (κ3) is 3.67. The lowest BCUT2D eigenvalue weighted by Gasteiger charge is -2.25.